The quantitative estimate of drug-likeness (QED) is 0.365. The van der Waals surface area contributed by atoms with Crippen LogP contribution in [0.2, 0.25) is 0 Å². The van der Waals surface area contributed by atoms with Crippen molar-refractivity contribution < 1.29 is 0 Å². The Morgan fingerprint density at radius 3 is 2.23 bits per heavy atom. The first-order valence-corrected chi connectivity index (χ1v) is 9.19. The summed E-state index contributed by atoms with van der Waals surface area (Å²) >= 11 is 3.50. The summed E-state index contributed by atoms with van der Waals surface area (Å²) in [6, 6.07) is 29.1. The Morgan fingerprint density at radius 2 is 1.42 bits per heavy atom. The van der Waals surface area contributed by atoms with E-state index in [1.54, 1.807) is 0 Å². The molecular weight excluding hydrogens is 386 g/mol. The largest absolute Gasteiger partial charge is 0.274 e. The summed E-state index contributed by atoms with van der Waals surface area (Å²) in [7, 11) is 0. The summed E-state index contributed by atoms with van der Waals surface area (Å²) in [6.07, 6.45) is 0. The lowest BCUT2D eigenvalue weighted by Crippen LogP contribution is -1.96. The Labute approximate surface area is 159 Å². The molecule has 0 bridgehead atoms. The molecule has 0 radical (unpaired) electrons. The van der Waals surface area contributed by atoms with Gasteiger partial charge in [-0.1, -0.05) is 82.7 Å². The first kappa shape index (κ1) is 15.3. The number of fused-ring (bicyclic) bond motifs is 3. The van der Waals surface area contributed by atoms with E-state index in [-0.39, 0.29) is 0 Å². The zero-order valence-electron chi connectivity index (χ0n) is 13.8. The molecule has 3 aromatic carbocycles. The fourth-order valence-electron chi connectivity index (χ4n) is 3.33. The molecule has 0 fully saturated rings. The Bertz CT molecular complexity index is 1230. The topological polar surface area (TPSA) is 30.2 Å². The summed E-state index contributed by atoms with van der Waals surface area (Å²) in [5.74, 6) is 0.845. The molecule has 0 spiro atoms. The number of nitrogens with zero attached hydrogens (tertiary/aromatic N) is 3. The number of benzene rings is 3. The molecule has 4 heteroatoms. The second kappa shape index (κ2) is 6.07. The van der Waals surface area contributed by atoms with Gasteiger partial charge in [0.05, 0.1) is 5.69 Å². The van der Waals surface area contributed by atoms with Crippen LogP contribution in [0.15, 0.2) is 89.4 Å². The van der Waals surface area contributed by atoms with Gasteiger partial charge in [-0.05, 0) is 29.1 Å². The van der Waals surface area contributed by atoms with Crippen molar-refractivity contribution in [2.24, 2.45) is 0 Å². The highest BCUT2D eigenvalue weighted by molar-refractivity contribution is 9.10. The molecule has 5 aromatic rings. The van der Waals surface area contributed by atoms with Gasteiger partial charge in [0.1, 0.15) is 0 Å². The van der Waals surface area contributed by atoms with E-state index in [2.05, 4.69) is 91.2 Å². The molecule has 0 aliphatic carbocycles. The van der Waals surface area contributed by atoms with Crippen LogP contribution in [0.1, 0.15) is 0 Å². The van der Waals surface area contributed by atoms with Gasteiger partial charge in [-0.3, -0.25) is 4.40 Å². The van der Waals surface area contributed by atoms with E-state index in [0.29, 0.717) is 0 Å². The highest BCUT2D eigenvalue weighted by atomic mass is 79.9. The van der Waals surface area contributed by atoms with Crippen LogP contribution in [0.4, 0.5) is 0 Å². The maximum atomic E-state index is 4.53. The zero-order valence-corrected chi connectivity index (χ0v) is 15.4. The van der Waals surface area contributed by atoms with E-state index in [1.165, 1.54) is 0 Å². The predicted molar refractivity (Wildman–Crippen MR) is 109 cm³/mol. The molecule has 0 amide bonds. The first-order valence-electron chi connectivity index (χ1n) is 8.39. The summed E-state index contributed by atoms with van der Waals surface area (Å²) in [4.78, 5) is 0. The van der Waals surface area contributed by atoms with E-state index < -0.39 is 0 Å². The monoisotopic (exact) mass is 399 g/mol. The third-order valence-electron chi connectivity index (χ3n) is 4.57. The lowest BCUT2D eigenvalue weighted by atomic mass is 10.1. The molecule has 0 unspecified atom stereocenters. The van der Waals surface area contributed by atoms with Gasteiger partial charge >= 0.3 is 0 Å². The van der Waals surface area contributed by atoms with Crippen molar-refractivity contribution in [2.45, 2.75) is 0 Å². The van der Waals surface area contributed by atoms with Crippen LogP contribution < -0.4 is 0 Å². The Morgan fingerprint density at radius 1 is 0.692 bits per heavy atom. The molecule has 0 saturated carbocycles. The molecule has 0 saturated heterocycles. The maximum absolute atomic E-state index is 4.53. The zero-order chi connectivity index (χ0) is 17.5. The predicted octanol–water partition coefficient (Wildman–Crippen LogP) is 5.98. The molecule has 2 aromatic heterocycles. The van der Waals surface area contributed by atoms with Crippen LogP contribution in [0.5, 0.6) is 0 Å². The van der Waals surface area contributed by atoms with Crippen LogP contribution in [-0.4, -0.2) is 14.6 Å². The maximum Gasteiger partial charge on any atom is 0.169 e. The lowest BCUT2D eigenvalue weighted by Gasteiger charge is -2.11. The van der Waals surface area contributed by atoms with Gasteiger partial charge in [0, 0.05) is 15.4 Å². The normalized spacial score (nSPS) is 11.3. The van der Waals surface area contributed by atoms with Gasteiger partial charge in [0.15, 0.2) is 11.5 Å². The number of rotatable bonds is 2. The second-order valence-electron chi connectivity index (χ2n) is 6.17. The second-order valence-corrected chi connectivity index (χ2v) is 7.09. The molecule has 5 rings (SSSR count). The van der Waals surface area contributed by atoms with E-state index in [4.69, 9.17) is 0 Å². The molecule has 0 aliphatic heterocycles. The Hall–Kier alpha value is -2.98. The molecule has 26 heavy (non-hydrogen) atoms. The summed E-state index contributed by atoms with van der Waals surface area (Å²) in [5.41, 5.74) is 4.14. The fourth-order valence-corrected chi connectivity index (χ4v) is 3.60. The minimum atomic E-state index is 0.845. The van der Waals surface area contributed by atoms with Crippen LogP contribution >= 0.6 is 15.9 Å². The van der Waals surface area contributed by atoms with Crippen molar-refractivity contribution in [2.75, 3.05) is 0 Å². The van der Waals surface area contributed by atoms with Crippen LogP contribution in [0.3, 0.4) is 0 Å². The summed E-state index contributed by atoms with van der Waals surface area (Å²) in [6.45, 7) is 0. The van der Waals surface area contributed by atoms with E-state index in [0.717, 1.165) is 43.5 Å². The summed E-state index contributed by atoms with van der Waals surface area (Å²) < 4.78 is 3.20. The average molecular weight is 400 g/mol. The summed E-state index contributed by atoms with van der Waals surface area (Å²) in [5, 5.41) is 11.3. The average Bonchev–Trinajstić information content (AvgIpc) is 3.14. The van der Waals surface area contributed by atoms with Gasteiger partial charge in [0.25, 0.3) is 0 Å². The smallest absolute Gasteiger partial charge is 0.169 e. The molecular formula is C22H14BrN3. The first-order chi connectivity index (χ1) is 12.8. The van der Waals surface area contributed by atoms with E-state index in [1.807, 2.05) is 24.3 Å². The van der Waals surface area contributed by atoms with Gasteiger partial charge in [-0.2, -0.15) is 0 Å². The minimum Gasteiger partial charge on any atom is -0.274 e. The van der Waals surface area contributed by atoms with Crippen LogP contribution in [-0.2, 0) is 0 Å². The van der Waals surface area contributed by atoms with Crippen molar-refractivity contribution in [1.82, 2.24) is 14.6 Å². The van der Waals surface area contributed by atoms with Gasteiger partial charge in [0.2, 0.25) is 0 Å². The number of pyridine rings is 1. The van der Waals surface area contributed by atoms with E-state index in [9.17, 15) is 0 Å². The number of hydrogen-bond acceptors (Lipinski definition) is 2. The number of aromatic nitrogens is 3. The molecule has 0 atom stereocenters. The molecule has 2 heterocycles. The van der Waals surface area contributed by atoms with Crippen molar-refractivity contribution in [3.63, 3.8) is 0 Å². The Balaban J connectivity index is 1.91. The van der Waals surface area contributed by atoms with Gasteiger partial charge in [-0.15, -0.1) is 10.2 Å². The Kier molecular flexibility index (Phi) is 3.57. The van der Waals surface area contributed by atoms with Crippen LogP contribution in [0, 0.1) is 0 Å². The molecule has 0 aliphatic rings. The third kappa shape index (κ3) is 2.42. The molecule has 3 nitrogen and oxygen atoms in total. The van der Waals surface area contributed by atoms with Crippen LogP contribution in [0.25, 0.3) is 39.1 Å². The standard InChI is InChI=1S/C22H14BrN3/c23-18-12-10-16(11-13-18)21-24-25-22-19-9-5-4-8-17(19)14-20(26(21)22)15-6-2-1-3-7-15/h1-14H. The van der Waals surface area contributed by atoms with Crippen molar-refractivity contribution in [3.8, 4) is 22.6 Å². The van der Waals surface area contributed by atoms with Crippen molar-refractivity contribution in [1.29, 1.82) is 0 Å². The highest BCUT2D eigenvalue weighted by Crippen LogP contribution is 2.31. The van der Waals surface area contributed by atoms with E-state index >= 15 is 0 Å². The lowest BCUT2D eigenvalue weighted by molar-refractivity contribution is 1.11. The highest BCUT2D eigenvalue weighted by Gasteiger charge is 2.15. The minimum absolute atomic E-state index is 0.845. The number of halogens is 1. The SMILES string of the molecule is Brc1ccc(-c2nnc3c4ccccc4cc(-c4ccccc4)n23)cc1. The van der Waals surface area contributed by atoms with Gasteiger partial charge in [-0.25, -0.2) is 0 Å². The number of hydrogen-bond donors (Lipinski definition) is 0. The van der Waals surface area contributed by atoms with Crippen molar-refractivity contribution >= 4 is 32.3 Å². The fraction of sp³-hybridized carbons (Fsp3) is 0. The van der Waals surface area contributed by atoms with Crippen molar-refractivity contribution in [3.05, 3.63) is 89.4 Å². The van der Waals surface area contributed by atoms with Gasteiger partial charge < -0.3 is 0 Å². The molecule has 124 valence electrons. The third-order valence-corrected chi connectivity index (χ3v) is 5.10. The molecule has 0 N–H and O–H groups in total.